The molecule has 3 aromatic heterocycles. The molecular weight excluding hydrogens is 518 g/mol. The minimum Gasteiger partial charge on any atom is -0.390 e. The van der Waals surface area contributed by atoms with Crippen molar-refractivity contribution in [3.05, 3.63) is 70.9 Å². The zero-order valence-electron chi connectivity index (χ0n) is 25.1. The largest absolute Gasteiger partial charge is 0.390 e. The van der Waals surface area contributed by atoms with Crippen molar-refractivity contribution in [1.82, 2.24) is 29.3 Å². The third-order valence-electron chi connectivity index (χ3n) is 7.11. The number of anilines is 1. The molecule has 0 saturated heterocycles. The van der Waals surface area contributed by atoms with Crippen LogP contribution in [0.25, 0.3) is 22.3 Å². The summed E-state index contributed by atoms with van der Waals surface area (Å²) in [5, 5.41) is 14.3. The Bertz CT molecular complexity index is 1520. The topological polar surface area (TPSA) is 109 Å². The molecule has 1 aromatic carbocycles. The maximum atomic E-state index is 13.9. The number of amides is 1. The van der Waals surface area contributed by atoms with Crippen molar-refractivity contribution in [2.45, 2.75) is 39.5 Å². The van der Waals surface area contributed by atoms with E-state index in [1.165, 1.54) is 0 Å². The lowest BCUT2D eigenvalue weighted by Gasteiger charge is -2.20. The number of aliphatic hydroxyl groups is 1. The molecule has 10 nitrogen and oxygen atoms in total. The first-order valence-corrected chi connectivity index (χ1v) is 13.8. The summed E-state index contributed by atoms with van der Waals surface area (Å²) in [4.78, 5) is 31.7. The Morgan fingerprint density at radius 2 is 1.90 bits per heavy atom. The van der Waals surface area contributed by atoms with Gasteiger partial charge in [0.15, 0.2) is 0 Å². The van der Waals surface area contributed by atoms with Gasteiger partial charge in [-0.05, 0) is 56.9 Å². The lowest BCUT2D eigenvalue weighted by molar-refractivity contribution is 0.0784. The Balaban J connectivity index is 1.68. The summed E-state index contributed by atoms with van der Waals surface area (Å²) < 4.78 is 7.38. The summed E-state index contributed by atoms with van der Waals surface area (Å²) in [6, 6.07) is 11.5. The number of likely N-dealkylation sites (N-methyl/N-ethyl adjacent to an activating group) is 1. The summed E-state index contributed by atoms with van der Waals surface area (Å²) in [6.45, 7) is 5.83. The van der Waals surface area contributed by atoms with Crippen LogP contribution in [0.5, 0.6) is 0 Å². The molecule has 0 saturated carbocycles. The van der Waals surface area contributed by atoms with E-state index in [0.29, 0.717) is 48.7 Å². The molecule has 0 spiro atoms. The lowest BCUT2D eigenvalue weighted by atomic mass is 10.0. The number of imidazole rings is 1. The zero-order valence-corrected chi connectivity index (χ0v) is 25.1. The summed E-state index contributed by atoms with van der Waals surface area (Å²) >= 11 is 0. The van der Waals surface area contributed by atoms with Gasteiger partial charge in [0.25, 0.3) is 5.91 Å². The Morgan fingerprint density at radius 3 is 2.56 bits per heavy atom. The number of nitrogens with one attached hydrogen (secondary N) is 1. The smallest absolute Gasteiger partial charge is 0.254 e. The number of pyridine rings is 2. The van der Waals surface area contributed by atoms with Crippen LogP contribution in [0.4, 0.5) is 5.69 Å². The highest BCUT2D eigenvalue weighted by molar-refractivity contribution is 6.07. The Morgan fingerprint density at radius 1 is 1.12 bits per heavy atom. The molecule has 0 bridgehead atoms. The van der Waals surface area contributed by atoms with E-state index in [2.05, 4.69) is 17.2 Å². The van der Waals surface area contributed by atoms with Crippen molar-refractivity contribution in [3.8, 4) is 11.4 Å². The SMILES string of the molecule is CCc1ncc(CN(C)C(=O)c2cc(-c3ccc(NCC(O)CN(C)C)c(C)n3)nc3ccc(COC)cc23)n1C. The lowest BCUT2D eigenvalue weighted by Crippen LogP contribution is -2.31. The molecule has 3 heterocycles. The number of aryl methyl sites for hydroxylation is 2. The molecule has 0 aliphatic heterocycles. The molecule has 41 heavy (non-hydrogen) atoms. The van der Waals surface area contributed by atoms with Crippen LogP contribution >= 0.6 is 0 Å². The van der Waals surface area contributed by atoms with Crippen molar-refractivity contribution in [3.63, 3.8) is 0 Å². The molecule has 4 rings (SSSR count). The predicted molar refractivity (Wildman–Crippen MR) is 162 cm³/mol. The zero-order chi connectivity index (χ0) is 29.7. The third kappa shape index (κ3) is 7.08. The summed E-state index contributed by atoms with van der Waals surface area (Å²) in [6.07, 6.45) is 2.16. The van der Waals surface area contributed by atoms with Gasteiger partial charge in [-0.3, -0.25) is 4.79 Å². The first-order chi connectivity index (χ1) is 19.6. The molecule has 0 aliphatic rings. The number of ether oxygens (including phenoxy) is 1. The summed E-state index contributed by atoms with van der Waals surface area (Å²) in [5.74, 6) is 0.866. The van der Waals surface area contributed by atoms with Gasteiger partial charge in [0.2, 0.25) is 0 Å². The second-order valence-electron chi connectivity index (χ2n) is 10.7. The van der Waals surface area contributed by atoms with Gasteiger partial charge in [-0.1, -0.05) is 13.0 Å². The number of carbonyl (C=O) groups is 1. The number of hydrogen-bond acceptors (Lipinski definition) is 8. The normalized spacial score (nSPS) is 12.2. The standard InChI is InChI=1S/C31H41N7O3/c1-8-30-33-15-22(38(30)6)17-37(5)31(40)25-14-29(35-27-10-9-21(19-41-7)13-24(25)27)28-12-11-26(20(2)34-28)32-16-23(39)18-36(3)4/h9-15,23,32,39H,8,16-19H2,1-7H3. The van der Waals surface area contributed by atoms with Gasteiger partial charge >= 0.3 is 0 Å². The van der Waals surface area contributed by atoms with Crippen molar-refractivity contribution in [2.75, 3.05) is 46.7 Å². The maximum Gasteiger partial charge on any atom is 0.254 e. The molecule has 1 atom stereocenters. The number of hydrogen-bond donors (Lipinski definition) is 2. The van der Waals surface area contributed by atoms with Crippen molar-refractivity contribution >= 4 is 22.5 Å². The van der Waals surface area contributed by atoms with Gasteiger partial charge < -0.3 is 29.5 Å². The second-order valence-corrected chi connectivity index (χ2v) is 10.7. The van der Waals surface area contributed by atoms with Gasteiger partial charge in [0, 0.05) is 46.1 Å². The number of aromatic nitrogens is 4. The van der Waals surface area contributed by atoms with Crippen molar-refractivity contribution < 1.29 is 14.6 Å². The molecular formula is C31H41N7O3. The molecule has 0 fully saturated rings. The number of rotatable bonds is 12. The van der Waals surface area contributed by atoms with Gasteiger partial charge in [-0.2, -0.15) is 0 Å². The van der Waals surface area contributed by atoms with Gasteiger partial charge in [0.1, 0.15) is 5.82 Å². The van der Waals surface area contributed by atoms with Gasteiger partial charge in [-0.25, -0.2) is 15.0 Å². The number of nitrogens with zero attached hydrogens (tertiary/aromatic N) is 6. The van der Waals surface area contributed by atoms with Crippen LogP contribution < -0.4 is 5.32 Å². The molecule has 10 heteroatoms. The van der Waals surface area contributed by atoms with Gasteiger partial charge in [-0.15, -0.1) is 0 Å². The maximum absolute atomic E-state index is 13.9. The second kappa shape index (κ2) is 13.2. The molecule has 2 N–H and O–H groups in total. The minimum absolute atomic E-state index is 0.114. The van der Waals surface area contributed by atoms with E-state index in [1.54, 1.807) is 19.1 Å². The fourth-order valence-electron chi connectivity index (χ4n) is 4.93. The molecule has 1 amide bonds. The highest BCUT2D eigenvalue weighted by atomic mass is 16.5. The van der Waals surface area contributed by atoms with E-state index in [-0.39, 0.29) is 5.91 Å². The van der Waals surface area contributed by atoms with E-state index >= 15 is 0 Å². The summed E-state index contributed by atoms with van der Waals surface area (Å²) in [7, 11) is 9.29. The van der Waals surface area contributed by atoms with E-state index in [4.69, 9.17) is 14.7 Å². The Labute approximate surface area is 242 Å². The molecule has 4 aromatic rings. The van der Waals surface area contributed by atoms with Crippen LogP contribution in [0.1, 0.15) is 40.1 Å². The van der Waals surface area contributed by atoms with Crippen LogP contribution in [-0.4, -0.2) is 87.8 Å². The highest BCUT2D eigenvalue weighted by Crippen LogP contribution is 2.28. The molecule has 0 radical (unpaired) electrons. The molecule has 1 unspecified atom stereocenters. The van der Waals surface area contributed by atoms with Gasteiger partial charge in [0.05, 0.1) is 65.0 Å². The quantitative estimate of drug-likeness (QED) is 0.271. The summed E-state index contributed by atoms with van der Waals surface area (Å²) in [5.41, 5.74) is 6.10. The van der Waals surface area contributed by atoms with E-state index in [1.807, 2.05) is 80.1 Å². The van der Waals surface area contributed by atoms with E-state index in [0.717, 1.165) is 40.3 Å². The van der Waals surface area contributed by atoms with Crippen LogP contribution in [0.3, 0.4) is 0 Å². The number of aliphatic hydroxyl groups excluding tert-OH is 1. The van der Waals surface area contributed by atoms with Crippen LogP contribution in [0, 0.1) is 6.92 Å². The Kier molecular flexibility index (Phi) is 9.69. The molecule has 0 aliphatic carbocycles. The fourth-order valence-corrected chi connectivity index (χ4v) is 4.93. The predicted octanol–water partition coefficient (Wildman–Crippen LogP) is 3.65. The van der Waals surface area contributed by atoms with Crippen LogP contribution in [0.15, 0.2) is 42.6 Å². The van der Waals surface area contributed by atoms with Crippen LogP contribution in [0.2, 0.25) is 0 Å². The number of carbonyl (C=O) groups excluding carboxylic acids is 1. The first-order valence-electron chi connectivity index (χ1n) is 13.8. The number of benzene rings is 1. The van der Waals surface area contributed by atoms with Crippen molar-refractivity contribution in [2.24, 2.45) is 7.05 Å². The van der Waals surface area contributed by atoms with E-state index < -0.39 is 6.10 Å². The monoisotopic (exact) mass is 559 g/mol. The highest BCUT2D eigenvalue weighted by Gasteiger charge is 2.20. The first kappa shape index (κ1) is 30.1. The van der Waals surface area contributed by atoms with E-state index in [9.17, 15) is 9.90 Å². The molecule has 218 valence electrons. The average molecular weight is 560 g/mol. The number of fused-ring (bicyclic) bond motifs is 1. The minimum atomic E-state index is -0.500. The van der Waals surface area contributed by atoms with Crippen molar-refractivity contribution in [1.29, 1.82) is 0 Å². The third-order valence-corrected chi connectivity index (χ3v) is 7.11. The fraction of sp³-hybridized carbons (Fsp3) is 0.419. The van der Waals surface area contributed by atoms with Crippen LogP contribution in [-0.2, 0) is 31.4 Å². The Hall–Kier alpha value is -3.86. The average Bonchev–Trinajstić information content (AvgIpc) is 3.29. The number of methoxy groups -OCH3 is 1.